The van der Waals surface area contributed by atoms with Gasteiger partial charge in [-0.25, -0.2) is 0 Å². The van der Waals surface area contributed by atoms with Gasteiger partial charge in [0.1, 0.15) is 0 Å². The number of fused-ring (bicyclic) bond motifs is 1. The fourth-order valence-corrected chi connectivity index (χ4v) is 4.06. The monoisotopic (exact) mass is 287 g/mol. The number of nitrogens with zero attached hydrogens (tertiary/aromatic N) is 1. The average molecular weight is 287 g/mol. The molecule has 3 nitrogen and oxygen atoms in total. The fraction of sp³-hybridized carbons (Fsp3) is 0.375. The summed E-state index contributed by atoms with van der Waals surface area (Å²) < 4.78 is 4.86. The standard InChI is InChI=1S/C16H17NO2S/c1-19-16(18)13-5-4-12-8-14(20-15(12)9-13)7-11-3-2-6-17-10-11/h2-3,6,8,10,13H,4-5,7,9H2,1H3. The largest absolute Gasteiger partial charge is 0.469 e. The molecule has 0 bridgehead atoms. The summed E-state index contributed by atoms with van der Waals surface area (Å²) in [4.78, 5) is 18.5. The van der Waals surface area contributed by atoms with Crippen LogP contribution in [0.4, 0.5) is 0 Å². The first-order valence-electron chi connectivity index (χ1n) is 6.83. The van der Waals surface area contributed by atoms with Crippen molar-refractivity contribution in [3.05, 3.63) is 51.5 Å². The summed E-state index contributed by atoms with van der Waals surface area (Å²) in [7, 11) is 1.47. The number of aryl methyl sites for hydroxylation is 1. The van der Waals surface area contributed by atoms with E-state index in [1.54, 1.807) is 6.20 Å². The average Bonchev–Trinajstić information content (AvgIpc) is 2.88. The quantitative estimate of drug-likeness (QED) is 0.815. The molecule has 2 aromatic heterocycles. The van der Waals surface area contributed by atoms with E-state index in [-0.39, 0.29) is 11.9 Å². The molecular formula is C16H17NO2S. The Morgan fingerprint density at radius 1 is 1.55 bits per heavy atom. The van der Waals surface area contributed by atoms with Crippen LogP contribution in [0.15, 0.2) is 30.6 Å². The number of carbonyl (C=O) groups is 1. The molecule has 0 N–H and O–H groups in total. The number of hydrogen-bond donors (Lipinski definition) is 0. The molecule has 1 unspecified atom stereocenters. The highest BCUT2D eigenvalue weighted by Gasteiger charge is 2.26. The molecule has 0 saturated heterocycles. The first-order valence-corrected chi connectivity index (χ1v) is 7.65. The Labute approximate surface area is 122 Å². The van der Waals surface area contributed by atoms with Gasteiger partial charge < -0.3 is 4.74 Å². The number of esters is 1. The number of carbonyl (C=O) groups excluding carboxylic acids is 1. The third kappa shape index (κ3) is 2.75. The molecule has 104 valence electrons. The molecule has 1 atom stereocenters. The van der Waals surface area contributed by atoms with Crippen LogP contribution in [0.3, 0.4) is 0 Å². The molecule has 2 aromatic rings. The van der Waals surface area contributed by atoms with E-state index in [1.807, 2.05) is 23.6 Å². The molecule has 0 fully saturated rings. The number of methoxy groups -OCH3 is 1. The molecule has 0 radical (unpaired) electrons. The topological polar surface area (TPSA) is 39.2 Å². The summed E-state index contributed by atoms with van der Waals surface area (Å²) in [5.74, 6) is -0.0322. The van der Waals surface area contributed by atoms with E-state index in [0.29, 0.717) is 0 Å². The van der Waals surface area contributed by atoms with E-state index >= 15 is 0 Å². The first kappa shape index (κ1) is 13.3. The van der Waals surface area contributed by atoms with Crippen molar-refractivity contribution in [2.24, 2.45) is 5.92 Å². The number of aromatic nitrogens is 1. The van der Waals surface area contributed by atoms with Crippen molar-refractivity contribution in [3.8, 4) is 0 Å². The van der Waals surface area contributed by atoms with Gasteiger partial charge in [0.2, 0.25) is 0 Å². The summed E-state index contributed by atoms with van der Waals surface area (Å²) in [5, 5.41) is 0. The second-order valence-electron chi connectivity index (χ2n) is 5.16. The first-order chi connectivity index (χ1) is 9.76. The number of rotatable bonds is 3. The van der Waals surface area contributed by atoms with E-state index in [9.17, 15) is 4.79 Å². The van der Waals surface area contributed by atoms with Crippen molar-refractivity contribution in [2.75, 3.05) is 7.11 Å². The van der Waals surface area contributed by atoms with Gasteiger partial charge in [-0.2, -0.15) is 0 Å². The van der Waals surface area contributed by atoms with Crippen molar-refractivity contribution in [1.82, 2.24) is 4.98 Å². The van der Waals surface area contributed by atoms with E-state index < -0.39 is 0 Å². The smallest absolute Gasteiger partial charge is 0.309 e. The maximum Gasteiger partial charge on any atom is 0.309 e. The number of pyridine rings is 1. The van der Waals surface area contributed by atoms with E-state index in [0.717, 1.165) is 25.7 Å². The molecule has 0 saturated carbocycles. The molecule has 0 aliphatic heterocycles. The number of ether oxygens (including phenoxy) is 1. The lowest BCUT2D eigenvalue weighted by molar-refractivity contribution is -0.145. The van der Waals surface area contributed by atoms with Gasteiger partial charge in [-0.1, -0.05) is 6.07 Å². The zero-order valence-corrected chi connectivity index (χ0v) is 12.3. The highest BCUT2D eigenvalue weighted by atomic mass is 32.1. The van der Waals surface area contributed by atoms with Gasteiger partial charge in [0.05, 0.1) is 13.0 Å². The van der Waals surface area contributed by atoms with Gasteiger partial charge in [0.15, 0.2) is 0 Å². The zero-order valence-electron chi connectivity index (χ0n) is 11.5. The van der Waals surface area contributed by atoms with Crippen molar-refractivity contribution in [1.29, 1.82) is 0 Å². The molecule has 4 heteroatoms. The summed E-state index contributed by atoms with van der Waals surface area (Å²) in [6.45, 7) is 0. The lowest BCUT2D eigenvalue weighted by Crippen LogP contribution is -2.22. The number of hydrogen-bond acceptors (Lipinski definition) is 4. The summed E-state index contributed by atoms with van der Waals surface area (Å²) in [6.07, 6.45) is 7.36. The maximum atomic E-state index is 11.6. The Morgan fingerprint density at radius 3 is 3.20 bits per heavy atom. The van der Waals surface area contributed by atoms with E-state index in [4.69, 9.17) is 4.74 Å². The van der Waals surface area contributed by atoms with Gasteiger partial charge in [-0.05, 0) is 42.5 Å². The molecule has 1 aliphatic rings. The van der Waals surface area contributed by atoms with Gasteiger partial charge in [-0.15, -0.1) is 11.3 Å². The lowest BCUT2D eigenvalue weighted by Gasteiger charge is -2.19. The van der Waals surface area contributed by atoms with Gasteiger partial charge in [0.25, 0.3) is 0 Å². The maximum absolute atomic E-state index is 11.6. The van der Waals surface area contributed by atoms with Gasteiger partial charge in [0, 0.05) is 28.6 Å². The van der Waals surface area contributed by atoms with Crippen LogP contribution in [-0.2, 0) is 28.8 Å². The van der Waals surface area contributed by atoms with Crippen LogP contribution in [0.25, 0.3) is 0 Å². The number of thiophene rings is 1. The summed E-state index contributed by atoms with van der Waals surface area (Å²) in [5.41, 5.74) is 2.64. The minimum Gasteiger partial charge on any atom is -0.469 e. The predicted octanol–water partition coefficient (Wildman–Crippen LogP) is 3.01. The van der Waals surface area contributed by atoms with Crippen molar-refractivity contribution < 1.29 is 9.53 Å². The SMILES string of the molecule is COC(=O)C1CCc2cc(Cc3cccnc3)sc2C1. The normalized spacial score (nSPS) is 17.6. The Hall–Kier alpha value is -1.68. The molecule has 1 aliphatic carbocycles. The van der Waals surface area contributed by atoms with Gasteiger partial charge >= 0.3 is 5.97 Å². The molecule has 2 heterocycles. The van der Waals surface area contributed by atoms with Gasteiger partial charge in [-0.3, -0.25) is 9.78 Å². The summed E-state index contributed by atoms with van der Waals surface area (Å²) in [6, 6.07) is 6.36. The molecule has 0 amide bonds. The highest BCUT2D eigenvalue weighted by molar-refractivity contribution is 7.12. The van der Waals surface area contributed by atoms with Crippen LogP contribution in [0.2, 0.25) is 0 Å². The van der Waals surface area contributed by atoms with Crippen LogP contribution in [0.5, 0.6) is 0 Å². The Balaban J connectivity index is 1.75. The van der Waals surface area contributed by atoms with Crippen LogP contribution in [0.1, 0.15) is 27.3 Å². The van der Waals surface area contributed by atoms with Crippen molar-refractivity contribution >= 4 is 17.3 Å². The third-order valence-corrected chi connectivity index (χ3v) is 4.98. The second kappa shape index (κ2) is 5.75. The Morgan fingerprint density at radius 2 is 2.45 bits per heavy atom. The van der Waals surface area contributed by atoms with Crippen LogP contribution in [0, 0.1) is 5.92 Å². The van der Waals surface area contributed by atoms with Crippen molar-refractivity contribution in [2.45, 2.75) is 25.7 Å². The molecule has 0 aromatic carbocycles. The molecule has 20 heavy (non-hydrogen) atoms. The fourth-order valence-electron chi connectivity index (χ4n) is 2.73. The van der Waals surface area contributed by atoms with Crippen LogP contribution < -0.4 is 0 Å². The van der Waals surface area contributed by atoms with Crippen LogP contribution in [-0.4, -0.2) is 18.1 Å². The van der Waals surface area contributed by atoms with Crippen LogP contribution >= 0.6 is 11.3 Å². The minimum absolute atomic E-state index is 0.0393. The third-order valence-electron chi connectivity index (χ3n) is 3.78. The summed E-state index contributed by atoms with van der Waals surface area (Å²) >= 11 is 1.83. The molecule has 0 spiro atoms. The lowest BCUT2D eigenvalue weighted by atomic mass is 9.89. The highest BCUT2D eigenvalue weighted by Crippen LogP contribution is 2.33. The Bertz CT molecular complexity index is 606. The van der Waals surface area contributed by atoms with E-state index in [2.05, 4.69) is 17.1 Å². The zero-order chi connectivity index (χ0) is 13.9. The minimum atomic E-state index is -0.0714. The van der Waals surface area contributed by atoms with Crippen molar-refractivity contribution in [3.63, 3.8) is 0 Å². The predicted molar refractivity (Wildman–Crippen MR) is 78.9 cm³/mol. The molecular weight excluding hydrogens is 270 g/mol. The molecule has 3 rings (SSSR count). The second-order valence-corrected chi connectivity index (χ2v) is 6.38. The Kier molecular flexibility index (Phi) is 3.83. The van der Waals surface area contributed by atoms with E-state index in [1.165, 1.54) is 28.0 Å².